The first-order valence-electron chi connectivity index (χ1n) is 5.47. The lowest BCUT2D eigenvalue weighted by Gasteiger charge is -2.24. The number of carbonyl (C=O) groups is 1. The molecule has 3 nitrogen and oxygen atoms in total. The van der Waals surface area contributed by atoms with Crippen LogP contribution in [-0.4, -0.2) is 12.8 Å². The van der Waals surface area contributed by atoms with Gasteiger partial charge in [0, 0.05) is 0 Å². The standard InChI is InChI=1S/C14H18O3/c1-11(2)10-16-13(15)17-14(3,4)12-8-6-5-7-9-12/h5-9H,1,10H2,2-4H3. The van der Waals surface area contributed by atoms with Gasteiger partial charge in [-0.2, -0.15) is 0 Å². The summed E-state index contributed by atoms with van der Waals surface area (Å²) in [4.78, 5) is 11.5. The second-order valence-electron chi connectivity index (χ2n) is 4.47. The summed E-state index contributed by atoms with van der Waals surface area (Å²) in [7, 11) is 0. The van der Waals surface area contributed by atoms with Crippen molar-refractivity contribution in [3.63, 3.8) is 0 Å². The Kier molecular flexibility index (Phi) is 4.32. The van der Waals surface area contributed by atoms with Gasteiger partial charge in [-0.3, -0.25) is 0 Å². The van der Waals surface area contributed by atoms with E-state index in [4.69, 9.17) is 9.47 Å². The fraction of sp³-hybridized carbons (Fsp3) is 0.357. The quantitative estimate of drug-likeness (QED) is 0.589. The van der Waals surface area contributed by atoms with Crippen molar-refractivity contribution in [2.75, 3.05) is 6.61 Å². The van der Waals surface area contributed by atoms with Gasteiger partial charge in [0.2, 0.25) is 0 Å². The lowest BCUT2D eigenvalue weighted by Crippen LogP contribution is -2.26. The lowest BCUT2D eigenvalue weighted by molar-refractivity contribution is -0.0157. The Labute approximate surface area is 102 Å². The van der Waals surface area contributed by atoms with Crippen LogP contribution in [0.25, 0.3) is 0 Å². The van der Waals surface area contributed by atoms with E-state index in [2.05, 4.69) is 6.58 Å². The second-order valence-corrected chi connectivity index (χ2v) is 4.47. The Morgan fingerprint density at radius 3 is 2.41 bits per heavy atom. The molecule has 0 N–H and O–H groups in total. The largest absolute Gasteiger partial charge is 0.509 e. The van der Waals surface area contributed by atoms with Crippen molar-refractivity contribution < 1.29 is 14.3 Å². The molecule has 0 heterocycles. The highest BCUT2D eigenvalue weighted by molar-refractivity contribution is 5.61. The Morgan fingerprint density at radius 1 is 1.29 bits per heavy atom. The van der Waals surface area contributed by atoms with Gasteiger partial charge < -0.3 is 9.47 Å². The molecule has 0 aliphatic carbocycles. The Morgan fingerprint density at radius 2 is 1.88 bits per heavy atom. The molecule has 0 aliphatic rings. The van der Waals surface area contributed by atoms with E-state index in [1.807, 2.05) is 44.2 Å². The Bertz CT molecular complexity index is 393. The molecule has 0 saturated heterocycles. The summed E-state index contributed by atoms with van der Waals surface area (Å²) in [6.45, 7) is 9.27. The van der Waals surface area contributed by atoms with Crippen molar-refractivity contribution in [2.45, 2.75) is 26.4 Å². The average Bonchev–Trinajstić information content (AvgIpc) is 2.27. The highest BCUT2D eigenvalue weighted by atomic mass is 16.7. The summed E-state index contributed by atoms with van der Waals surface area (Å²) in [5.74, 6) is 0. The minimum absolute atomic E-state index is 0.184. The van der Waals surface area contributed by atoms with Crippen molar-refractivity contribution in [3.8, 4) is 0 Å². The van der Waals surface area contributed by atoms with Crippen molar-refractivity contribution in [1.82, 2.24) is 0 Å². The van der Waals surface area contributed by atoms with Crippen molar-refractivity contribution >= 4 is 6.16 Å². The van der Waals surface area contributed by atoms with Gasteiger partial charge in [0.1, 0.15) is 12.2 Å². The van der Waals surface area contributed by atoms with Crippen LogP contribution < -0.4 is 0 Å². The molecule has 17 heavy (non-hydrogen) atoms. The Balaban J connectivity index is 2.61. The summed E-state index contributed by atoms with van der Waals surface area (Å²) in [6, 6.07) is 9.54. The molecule has 0 bridgehead atoms. The van der Waals surface area contributed by atoms with Crippen LogP contribution in [0.5, 0.6) is 0 Å². The van der Waals surface area contributed by atoms with E-state index in [0.717, 1.165) is 11.1 Å². The van der Waals surface area contributed by atoms with E-state index >= 15 is 0 Å². The van der Waals surface area contributed by atoms with Crippen LogP contribution in [-0.2, 0) is 15.1 Å². The highest BCUT2D eigenvalue weighted by Gasteiger charge is 2.25. The second kappa shape index (κ2) is 5.53. The fourth-order valence-corrected chi connectivity index (χ4v) is 1.32. The summed E-state index contributed by atoms with van der Waals surface area (Å²) in [6.07, 6.45) is -0.679. The molecule has 1 rings (SSSR count). The molecule has 0 spiro atoms. The molecular formula is C14H18O3. The summed E-state index contributed by atoms with van der Waals surface area (Å²) < 4.78 is 10.2. The molecule has 0 amide bonds. The zero-order chi connectivity index (χ0) is 12.9. The number of ether oxygens (including phenoxy) is 2. The fourth-order valence-electron chi connectivity index (χ4n) is 1.32. The molecule has 92 valence electrons. The van der Waals surface area contributed by atoms with Crippen molar-refractivity contribution in [1.29, 1.82) is 0 Å². The van der Waals surface area contributed by atoms with Crippen LogP contribution in [0, 0.1) is 0 Å². The molecule has 0 atom stereocenters. The first kappa shape index (κ1) is 13.3. The van der Waals surface area contributed by atoms with Gasteiger partial charge in [0.05, 0.1) is 0 Å². The first-order valence-corrected chi connectivity index (χ1v) is 5.47. The zero-order valence-corrected chi connectivity index (χ0v) is 10.5. The monoisotopic (exact) mass is 234 g/mol. The van der Waals surface area contributed by atoms with Crippen LogP contribution in [0.4, 0.5) is 4.79 Å². The predicted octanol–water partition coefficient (Wildman–Crippen LogP) is 3.65. The minimum Gasteiger partial charge on any atom is -0.430 e. The van der Waals surface area contributed by atoms with Crippen LogP contribution in [0.2, 0.25) is 0 Å². The number of carbonyl (C=O) groups excluding carboxylic acids is 1. The number of hydrogen-bond donors (Lipinski definition) is 0. The Hall–Kier alpha value is -1.77. The molecular weight excluding hydrogens is 216 g/mol. The van der Waals surface area contributed by atoms with Gasteiger partial charge in [0.15, 0.2) is 0 Å². The third kappa shape index (κ3) is 4.31. The van der Waals surface area contributed by atoms with Crippen molar-refractivity contribution in [3.05, 3.63) is 48.0 Å². The molecule has 0 fully saturated rings. The molecule has 0 unspecified atom stereocenters. The van der Waals surface area contributed by atoms with Gasteiger partial charge >= 0.3 is 6.16 Å². The number of rotatable bonds is 4. The predicted molar refractivity (Wildman–Crippen MR) is 66.7 cm³/mol. The highest BCUT2D eigenvalue weighted by Crippen LogP contribution is 2.24. The smallest absolute Gasteiger partial charge is 0.430 e. The third-order valence-corrected chi connectivity index (χ3v) is 2.24. The lowest BCUT2D eigenvalue weighted by atomic mass is 9.98. The van der Waals surface area contributed by atoms with Crippen molar-refractivity contribution in [2.24, 2.45) is 0 Å². The van der Waals surface area contributed by atoms with Gasteiger partial charge in [-0.05, 0) is 31.9 Å². The summed E-state index contributed by atoms with van der Waals surface area (Å²) >= 11 is 0. The van der Waals surface area contributed by atoms with E-state index in [1.54, 1.807) is 6.92 Å². The van der Waals surface area contributed by atoms with Crippen LogP contribution in [0.3, 0.4) is 0 Å². The maximum Gasteiger partial charge on any atom is 0.509 e. The van der Waals surface area contributed by atoms with Gasteiger partial charge in [0.25, 0.3) is 0 Å². The van der Waals surface area contributed by atoms with Crippen LogP contribution >= 0.6 is 0 Å². The van der Waals surface area contributed by atoms with Gasteiger partial charge in [-0.25, -0.2) is 4.79 Å². The first-order chi connectivity index (χ1) is 7.92. The minimum atomic E-state index is -0.701. The summed E-state index contributed by atoms with van der Waals surface area (Å²) in [5.41, 5.74) is 1.000. The summed E-state index contributed by atoms with van der Waals surface area (Å²) in [5, 5.41) is 0. The number of hydrogen-bond acceptors (Lipinski definition) is 3. The van der Waals surface area contributed by atoms with Gasteiger partial charge in [-0.15, -0.1) is 0 Å². The molecule has 0 aliphatic heterocycles. The zero-order valence-electron chi connectivity index (χ0n) is 10.5. The van der Waals surface area contributed by atoms with Crippen LogP contribution in [0.1, 0.15) is 26.3 Å². The molecule has 0 saturated carbocycles. The molecule has 1 aromatic carbocycles. The van der Waals surface area contributed by atoms with E-state index in [0.29, 0.717) is 0 Å². The van der Waals surface area contributed by atoms with E-state index in [1.165, 1.54) is 0 Å². The maximum absolute atomic E-state index is 11.5. The molecule has 0 radical (unpaired) electrons. The van der Waals surface area contributed by atoms with E-state index < -0.39 is 11.8 Å². The maximum atomic E-state index is 11.5. The average molecular weight is 234 g/mol. The third-order valence-electron chi connectivity index (χ3n) is 2.24. The normalized spacial score (nSPS) is 10.8. The molecule has 1 aromatic rings. The van der Waals surface area contributed by atoms with E-state index in [9.17, 15) is 4.79 Å². The van der Waals surface area contributed by atoms with E-state index in [-0.39, 0.29) is 6.61 Å². The van der Waals surface area contributed by atoms with Gasteiger partial charge in [-0.1, -0.05) is 36.9 Å². The topological polar surface area (TPSA) is 35.5 Å². The molecule has 0 aromatic heterocycles. The molecule has 3 heteroatoms. The van der Waals surface area contributed by atoms with Crippen LogP contribution in [0.15, 0.2) is 42.5 Å². The SMILES string of the molecule is C=C(C)COC(=O)OC(C)(C)c1ccccc1. The number of benzene rings is 1.